The monoisotopic (exact) mass is 281 g/mol. The highest BCUT2D eigenvalue weighted by Crippen LogP contribution is 2.55. The molecule has 0 aromatic heterocycles. The number of nitro groups is 1. The fourth-order valence-electron chi connectivity index (χ4n) is 4.88. The average Bonchev–Trinajstić information content (AvgIpc) is 2.23. The Labute approximate surface area is 115 Å². The predicted molar refractivity (Wildman–Crippen MR) is 64.8 cm³/mol. The third-order valence-electron chi connectivity index (χ3n) is 5.11. The van der Waals surface area contributed by atoms with E-state index in [9.17, 15) is 24.8 Å². The number of amides is 1. The van der Waals surface area contributed by atoms with E-state index in [1.807, 2.05) is 0 Å². The zero-order valence-corrected chi connectivity index (χ0v) is 11.0. The van der Waals surface area contributed by atoms with Gasteiger partial charge in [0.25, 0.3) is 0 Å². The molecule has 0 spiro atoms. The lowest BCUT2D eigenvalue weighted by Crippen LogP contribution is -2.63. The van der Waals surface area contributed by atoms with Crippen LogP contribution < -0.4 is 10.4 Å². The molecule has 4 fully saturated rings. The summed E-state index contributed by atoms with van der Waals surface area (Å²) >= 11 is 0. The molecule has 0 heterocycles. The van der Waals surface area contributed by atoms with Crippen LogP contribution in [0.5, 0.6) is 0 Å². The maximum absolute atomic E-state index is 11.9. The summed E-state index contributed by atoms with van der Waals surface area (Å²) in [5.74, 6) is -1.27. The number of nitrogens with one attached hydrogen (secondary N) is 1. The lowest BCUT2D eigenvalue weighted by molar-refractivity contribution is -0.510. The summed E-state index contributed by atoms with van der Waals surface area (Å²) in [6.45, 7) is 0. The summed E-state index contributed by atoms with van der Waals surface area (Å²) in [5.41, 5.74) is -0.421. The summed E-state index contributed by atoms with van der Waals surface area (Å²) in [5, 5.41) is 24.1. The molecular weight excluding hydrogens is 264 g/mol. The van der Waals surface area contributed by atoms with Gasteiger partial charge < -0.3 is 15.2 Å². The lowest BCUT2D eigenvalue weighted by atomic mass is 9.53. The van der Waals surface area contributed by atoms with Crippen molar-refractivity contribution in [3.8, 4) is 0 Å². The molecule has 0 saturated heterocycles. The molecular formula is C13H17N2O5-. The number of nitrogens with zero attached hydrogens (tertiary/aromatic N) is 1. The van der Waals surface area contributed by atoms with E-state index < -0.39 is 28.4 Å². The summed E-state index contributed by atoms with van der Waals surface area (Å²) in [6.07, 6.45) is 5.99. The highest BCUT2D eigenvalue weighted by atomic mass is 16.6. The first-order chi connectivity index (χ1) is 9.38. The molecule has 110 valence electrons. The number of hydrogen-bond acceptors (Lipinski definition) is 5. The van der Waals surface area contributed by atoms with Crippen molar-refractivity contribution in [1.82, 2.24) is 5.32 Å². The van der Waals surface area contributed by atoms with Gasteiger partial charge in [0, 0.05) is 10.5 Å². The molecule has 4 aliphatic carbocycles. The molecule has 1 amide bonds. The van der Waals surface area contributed by atoms with Crippen LogP contribution in [0.2, 0.25) is 0 Å². The van der Waals surface area contributed by atoms with Crippen LogP contribution in [0.15, 0.2) is 0 Å². The maximum atomic E-state index is 11.9. The van der Waals surface area contributed by atoms with Gasteiger partial charge in [-0.25, -0.2) is 0 Å². The first-order valence-electron chi connectivity index (χ1n) is 7.05. The van der Waals surface area contributed by atoms with Crippen molar-refractivity contribution in [3.05, 3.63) is 10.1 Å². The second-order valence-electron chi connectivity index (χ2n) is 6.69. The van der Waals surface area contributed by atoms with E-state index in [0.717, 1.165) is 19.3 Å². The second-order valence-corrected chi connectivity index (χ2v) is 6.69. The standard InChI is InChI=1S/C13H18N2O5/c16-11(10(12(17)18)15(19)20)14-13-4-7-1-8(5-13)3-9(2-7)6-13/h7-10H,1-6H2,(H,14,16)(H,17,18)/p-1/t7?,8?,9?,10-,13?/m0/s1. The second kappa shape index (κ2) is 4.43. The lowest BCUT2D eigenvalue weighted by Gasteiger charge is -2.56. The largest absolute Gasteiger partial charge is 0.543 e. The third-order valence-corrected chi connectivity index (χ3v) is 5.11. The van der Waals surface area contributed by atoms with Gasteiger partial charge in [-0.1, -0.05) is 0 Å². The van der Waals surface area contributed by atoms with Crippen molar-refractivity contribution in [1.29, 1.82) is 0 Å². The molecule has 4 bridgehead atoms. The number of hydrogen-bond donors (Lipinski definition) is 1. The molecule has 0 aromatic carbocycles. The minimum Gasteiger partial charge on any atom is -0.543 e. The quantitative estimate of drug-likeness (QED) is 0.423. The van der Waals surface area contributed by atoms with E-state index in [0.29, 0.717) is 17.8 Å². The minimum absolute atomic E-state index is 0.421. The molecule has 0 aliphatic heterocycles. The van der Waals surface area contributed by atoms with Crippen molar-refractivity contribution < 1.29 is 19.6 Å². The van der Waals surface area contributed by atoms with Gasteiger partial charge in [0.1, 0.15) is 5.97 Å². The molecule has 1 N–H and O–H groups in total. The van der Waals surface area contributed by atoms with Gasteiger partial charge >= 0.3 is 11.9 Å². The minimum atomic E-state index is -2.30. The molecule has 1 atom stereocenters. The fraction of sp³-hybridized carbons (Fsp3) is 0.846. The molecule has 4 aliphatic rings. The Morgan fingerprint density at radius 3 is 1.90 bits per heavy atom. The SMILES string of the molecule is O=C([O-])[C@H](C(=O)NC12CC3CC(CC(C3)C1)C2)[N+](=O)[O-]. The van der Waals surface area contributed by atoms with Crippen LogP contribution in [-0.4, -0.2) is 28.4 Å². The van der Waals surface area contributed by atoms with Crippen LogP contribution >= 0.6 is 0 Å². The van der Waals surface area contributed by atoms with E-state index in [1.165, 1.54) is 19.3 Å². The molecule has 0 radical (unpaired) electrons. The van der Waals surface area contributed by atoms with Gasteiger partial charge in [0.15, 0.2) is 0 Å². The van der Waals surface area contributed by atoms with E-state index in [4.69, 9.17) is 0 Å². The van der Waals surface area contributed by atoms with E-state index in [1.54, 1.807) is 0 Å². The van der Waals surface area contributed by atoms with Crippen molar-refractivity contribution >= 4 is 11.9 Å². The Bertz CT molecular complexity index is 426. The predicted octanol–water partition coefficient (Wildman–Crippen LogP) is -0.533. The Hall–Kier alpha value is -1.66. The van der Waals surface area contributed by atoms with Crippen molar-refractivity contribution in [2.24, 2.45) is 17.8 Å². The number of carboxylic acids is 1. The number of carbonyl (C=O) groups excluding carboxylic acids is 2. The first-order valence-corrected chi connectivity index (χ1v) is 7.05. The van der Waals surface area contributed by atoms with Crippen LogP contribution in [0.1, 0.15) is 38.5 Å². The van der Waals surface area contributed by atoms with Crippen LogP contribution in [0, 0.1) is 27.9 Å². The maximum Gasteiger partial charge on any atom is 0.328 e. The fourth-order valence-corrected chi connectivity index (χ4v) is 4.88. The van der Waals surface area contributed by atoms with Gasteiger partial charge in [0.2, 0.25) is 0 Å². The summed E-state index contributed by atoms with van der Waals surface area (Å²) in [4.78, 5) is 32.3. The zero-order valence-electron chi connectivity index (χ0n) is 11.0. The van der Waals surface area contributed by atoms with Crippen molar-refractivity contribution in [3.63, 3.8) is 0 Å². The number of rotatable bonds is 4. The molecule has 0 aromatic rings. The average molecular weight is 281 g/mol. The normalized spacial score (nSPS) is 39.3. The van der Waals surface area contributed by atoms with Crippen molar-refractivity contribution in [2.75, 3.05) is 0 Å². The Morgan fingerprint density at radius 1 is 1.10 bits per heavy atom. The van der Waals surface area contributed by atoms with Gasteiger partial charge in [-0.15, -0.1) is 0 Å². The Morgan fingerprint density at radius 2 is 1.55 bits per heavy atom. The van der Waals surface area contributed by atoms with Gasteiger partial charge in [-0.3, -0.25) is 14.9 Å². The first kappa shape index (κ1) is 13.3. The van der Waals surface area contributed by atoms with Crippen LogP contribution in [-0.2, 0) is 9.59 Å². The third kappa shape index (κ3) is 2.14. The van der Waals surface area contributed by atoms with Gasteiger partial charge in [-0.05, 0) is 56.3 Å². The Kier molecular flexibility index (Phi) is 2.95. The van der Waals surface area contributed by atoms with E-state index in [2.05, 4.69) is 5.32 Å². The summed E-state index contributed by atoms with van der Waals surface area (Å²) < 4.78 is 0. The number of carbonyl (C=O) groups is 2. The highest BCUT2D eigenvalue weighted by molar-refractivity contribution is 5.99. The molecule has 0 unspecified atom stereocenters. The zero-order chi connectivity index (χ0) is 14.5. The number of carboxylic acid groups (broad SMARTS) is 1. The van der Waals surface area contributed by atoms with Crippen LogP contribution in [0.25, 0.3) is 0 Å². The highest BCUT2D eigenvalue weighted by Gasteiger charge is 2.52. The van der Waals surface area contributed by atoms with Crippen LogP contribution in [0.4, 0.5) is 0 Å². The van der Waals surface area contributed by atoms with E-state index >= 15 is 0 Å². The molecule has 4 saturated carbocycles. The Balaban J connectivity index is 1.75. The molecule has 7 nitrogen and oxygen atoms in total. The number of aliphatic carboxylic acids is 1. The molecule has 20 heavy (non-hydrogen) atoms. The van der Waals surface area contributed by atoms with Crippen molar-refractivity contribution in [2.45, 2.75) is 50.1 Å². The molecule has 7 heteroatoms. The topological polar surface area (TPSA) is 112 Å². The van der Waals surface area contributed by atoms with E-state index in [-0.39, 0.29) is 0 Å². The summed E-state index contributed by atoms with van der Waals surface area (Å²) in [7, 11) is 0. The molecule has 4 rings (SSSR count). The van der Waals surface area contributed by atoms with Gasteiger partial charge in [0.05, 0.1) is 0 Å². The smallest absolute Gasteiger partial charge is 0.328 e. The van der Waals surface area contributed by atoms with Gasteiger partial charge in [-0.2, -0.15) is 0 Å². The van der Waals surface area contributed by atoms with Crippen LogP contribution in [0.3, 0.4) is 0 Å². The summed E-state index contributed by atoms with van der Waals surface area (Å²) in [6, 6.07) is -2.30.